The van der Waals surface area contributed by atoms with Gasteiger partial charge in [-0.15, -0.1) is 0 Å². The summed E-state index contributed by atoms with van der Waals surface area (Å²) < 4.78 is 28.5. The Morgan fingerprint density at radius 3 is 2.25 bits per heavy atom. The lowest BCUT2D eigenvalue weighted by Gasteiger charge is -2.09. The normalized spacial score (nSPS) is 9.96. The van der Waals surface area contributed by atoms with Crippen LogP contribution >= 0.6 is 0 Å². The third kappa shape index (κ3) is 4.45. The lowest BCUT2D eigenvalue weighted by molar-refractivity contribution is -0.119. The Bertz CT molecular complexity index is 725. The molecule has 24 heavy (non-hydrogen) atoms. The molecule has 6 nitrogen and oxygen atoms in total. The maximum absolute atomic E-state index is 13.4. The molecular formula is C17H16FNO5. The lowest BCUT2D eigenvalue weighted by atomic mass is 10.2. The van der Waals surface area contributed by atoms with Gasteiger partial charge in [0, 0.05) is 6.07 Å². The summed E-state index contributed by atoms with van der Waals surface area (Å²) >= 11 is 0. The first-order valence-corrected chi connectivity index (χ1v) is 6.98. The third-order valence-corrected chi connectivity index (χ3v) is 3.07. The van der Waals surface area contributed by atoms with Crippen LogP contribution in [0.1, 0.15) is 10.4 Å². The van der Waals surface area contributed by atoms with Crippen LogP contribution in [0.4, 0.5) is 10.1 Å². The van der Waals surface area contributed by atoms with Crippen LogP contribution in [0.25, 0.3) is 0 Å². The number of rotatable bonds is 6. The Morgan fingerprint density at radius 2 is 1.67 bits per heavy atom. The second kappa shape index (κ2) is 7.96. The number of amides is 1. The maximum Gasteiger partial charge on any atom is 0.338 e. The zero-order valence-electron chi connectivity index (χ0n) is 13.2. The van der Waals surface area contributed by atoms with Gasteiger partial charge in [-0.1, -0.05) is 12.1 Å². The maximum atomic E-state index is 13.4. The zero-order valence-corrected chi connectivity index (χ0v) is 13.2. The molecule has 0 saturated heterocycles. The van der Waals surface area contributed by atoms with Crippen LogP contribution in [0, 0.1) is 5.82 Å². The van der Waals surface area contributed by atoms with Crippen molar-refractivity contribution in [1.29, 1.82) is 0 Å². The molecule has 0 atom stereocenters. The SMILES string of the molecule is COc1cc(OC)cc(C(=O)OCC(=O)Nc2ccccc2F)c1. The minimum atomic E-state index is -0.726. The summed E-state index contributed by atoms with van der Waals surface area (Å²) in [7, 11) is 2.90. The molecule has 0 unspecified atom stereocenters. The molecule has 0 aromatic heterocycles. The van der Waals surface area contributed by atoms with Crippen molar-refractivity contribution in [2.45, 2.75) is 0 Å². The summed E-state index contributed by atoms with van der Waals surface area (Å²) in [6.07, 6.45) is 0. The number of methoxy groups -OCH3 is 2. The minimum Gasteiger partial charge on any atom is -0.497 e. The number of hydrogen-bond acceptors (Lipinski definition) is 5. The highest BCUT2D eigenvalue weighted by Crippen LogP contribution is 2.23. The molecule has 1 amide bonds. The molecule has 0 aliphatic carbocycles. The molecule has 1 N–H and O–H groups in total. The van der Waals surface area contributed by atoms with Gasteiger partial charge in [-0.05, 0) is 24.3 Å². The number of carbonyl (C=O) groups is 2. The van der Waals surface area contributed by atoms with E-state index in [0.717, 1.165) is 0 Å². The number of para-hydroxylation sites is 1. The van der Waals surface area contributed by atoms with Crippen LogP contribution in [0.15, 0.2) is 42.5 Å². The van der Waals surface area contributed by atoms with E-state index < -0.39 is 24.3 Å². The molecule has 0 spiro atoms. The van der Waals surface area contributed by atoms with Crippen molar-refractivity contribution in [2.24, 2.45) is 0 Å². The van der Waals surface area contributed by atoms with Crippen LogP contribution in [-0.2, 0) is 9.53 Å². The van der Waals surface area contributed by atoms with Crippen molar-refractivity contribution in [3.8, 4) is 11.5 Å². The van der Waals surface area contributed by atoms with Crippen molar-refractivity contribution < 1.29 is 28.2 Å². The molecule has 0 aliphatic rings. The van der Waals surface area contributed by atoms with Gasteiger partial charge in [0.15, 0.2) is 6.61 Å². The van der Waals surface area contributed by atoms with Crippen LogP contribution in [0.2, 0.25) is 0 Å². The number of benzene rings is 2. The van der Waals surface area contributed by atoms with Gasteiger partial charge in [-0.25, -0.2) is 9.18 Å². The molecule has 7 heteroatoms. The molecule has 2 aromatic carbocycles. The number of hydrogen-bond donors (Lipinski definition) is 1. The molecule has 2 rings (SSSR count). The summed E-state index contributed by atoms with van der Waals surface area (Å²) in [5.74, 6) is -1.12. The third-order valence-electron chi connectivity index (χ3n) is 3.07. The van der Waals surface area contributed by atoms with Crippen LogP contribution in [0.5, 0.6) is 11.5 Å². The van der Waals surface area contributed by atoms with E-state index in [9.17, 15) is 14.0 Å². The van der Waals surface area contributed by atoms with Crippen LogP contribution < -0.4 is 14.8 Å². The summed E-state index contributed by atoms with van der Waals surface area (Å²) in [6, 6.07) is 10.2. The van der Waals surface area contributed by atoms with Crippen molar-refractivity contribution in [2.75, 3.05) is 26.1 Å². The van der Waals surface area contributed by atoms with Crippen molar-refractivity contribution in [1.82, 2.24) is 0 Å². The fraction of sp³-hybridized carbons (Fsp3) is 0.176. The van der Waals surface area contributed by atoms with E-state index in [1.54, 1.807) is 12.1 Å². The highest BCUT2D eigenvalue weighted by molar-refractivity contribution is 5.95. The second-order valence-corrected chi connectivity index (χ2v) is 4.71. The molecule has 126 valence electrons. The summed E-state index contributed by atoms with van der Waals surface area (Å²) in [6.45, 7) is -0.549. The van der Waals surface area contributed by atoms with Gasteiger partial charge >= 0.3 is 5.97 Å². The Labute approximate surface area is 138 Å². The molecule has 0 heterocycles. The summed E-state index contributed by atoms with van der Waals surface area (Å²) in [5.41, 5.74) is 0.187. The molecule has 2 aromatic rings. The summed E-state index contributed by atoms with van der Waals surface area (Å²) in [5, 5.41) is 2.32. The van der Waals surface area contributed by atoms with E-state index in [0.29, 0.717) is 11.5 Å². The zero-order chi connectivity index (χ0) is 17.5. The fourth-order valence-electron chi connectivity index (χ4n) is 1.89. The van der Waals surface area contributed by atoms with Crippen LogP contribution in [0.3, 0.4) is 0 Å². The van der Waals surface area contributed by atoms with Crippen molar-refractivity contribution in [3.63, 3.8) is 0 Å². The van der Waals surface area contributed by atoms with E-state index >= 15 is 0 Å². The van der Waals surface area contributed by atoms with E-state index in [4.69, 9.17) is 14.2 Å². The Balaban J connectivity index is 1.98. The van der Waals surface area contributed by atoms with E-state index in [1.165, 1.54) is 44.6 Å². The van der Waals surface area contributed by atoms with Gasteiger partial charge < -0.3 is 19.5 Å². The average Bonchev–Trinajstić information content (AvgIpc) is 2.61. The van der Waals surface area contributed by atoms with Crippen LogP contribution in [-0.4, -0.2) is 32.7 Å². The number of carbonyl (C=O) groups excluding carboxylic acids is 2. The molecular weight excluding hydrogens is 317 g/mol. The summed E-state index contributed by atoms with van der Waals surface area (Å²) in [4.78, 5) is 23.8. The predicted octanol–water partition coefficient (Wildman–Crippen LogP) is 2.64. The first-order chi connectivity index (χ1) is 11.5. The van der Waals surface area contributed by atoms with E-state index in [1.807, 2.05) is 0 Å². The largest absolute Gasteiger partial charge is 0.497 e. The molecule has 0 aliphatic heterocycles. The standard InChI is InChI=1S/C17H16FNO5/c1-22-12-7-11(8-13(9-12)23-2)17(21)24-10-16(20)19-15-6-4-3-5-14(15)18/h3-9H,10H2,1-2H3,(H,19,20). The quantitative estimate of drug-likeness (QED) is 0.823. The monoisotopic (exact) mass is 333 g/mol. The Morgan fingerprint density at radius 1 is 1.04 bits per heavy atom. The van der Waals surface area contributed by atoms with Crippen molar-refractivity contribution in [3.05, 3.63) is 53.8 Å². The topological polar surface area (TPSA) is 73.9 Å². The number of esters is 1. The number of halogens is 1. The first-order valence-electron chi connectivity index (χ1n) is 6.98. The Kier molecular flexibility index (Phi) is 5.73. The molecule has 0 fully saturated rings. The van der Waals surface area contributed by atoms with Gasteiger partial charge in [0.05, 0.1) is 25.5 Å². The van der Waals surface area contributed by atoms with Gasteiger partial charge in [-0.2, -0.15) is 0 Å². The van der Waals surface area contributed by atoms with Gasteiger partial charge in [0.1, 0.15) is 17.3 Å². The van der Waals surface area contributed by atoms with Crippen molar-refractivity contribution >= 4 is 17.6 Å². The fourth-order valence-corrected chi connectivity index (χ4v) is 1.89. The predicted molar refractivity (Wildman–Crippen MR) is 84.9 cm³/mol. The number of anilines is 1. The second-order valence-electron chi connectivity index (χ2n) is 4.71. The first kappa shape index (κ1) is 17.3. The number of ether oxygens (including phenoxy) is 3. The van der Waals surface area contributed by atoms with E-state index in [-0.39, 0.29) is 11.3 Å². The minimum absolute atomic E-state index is 0.0154. The van der Waals surface area contributed by atoms with Gasteiger partial charge in [-0.3, -0.25) is 4.79 Å². The smallest absolute Gasteiger partial charge is 0.338 e. The highest BCUT2D eigenvalue weighted by atomic mass is 19.1. The van der Waals surface area contributed by atoms with Gasteiger partial charge in [0.25, 0.3) is 5.91 Å². The Hall–Kier alpha value is -3.09. The number of nitrogens with one attached hydrogen (secondary N) is 1. The van der Waals surface area contributed by atoms with Gasteiger partial charge in [0.2, 0.25) is 0 Å². The van der Waals surface area contributed by atoms with E-state index in [2.05, 4.69) is 5.32 Å². The average molecular weight is 333 g/mol. The molecule has 0 saturated carbocycles. The molecule has 0 radical (unpaired) electrons. The highest BCUT2D eigenvalue weighted by Gasteiger charge is 2.14. The molecule has 0 bridgehead atoms. The lowest BCUT2D eigenvalue weighted by Crippen LogP contribution is -2.21.